The molecule has 1 amide bonds. The van der Waals surface area contributed by atoms with Crippen LogP contribution in [0.2, 0.25) is 0 Å². The lowest BCUT2D eigenvalue weighted by Gasteiger charge is -2.18. The lowest BCUT2D eigenvalue weighted by Crippen LogP contribution is -2.28. The maximum atomic E-state index is 12.0. The van der Waals surface area contributed by atoms with E-state index >= 15 is 0 Å². The normalized spacial score (nSPS) is 12.1. The summed E-state index contributed by atoms with van der Waals surface area (Å²) in [6.07, 6.45) is 3.16. The van der Waals surface area contributed by atoms with Crippen LogP contribution in [0.25, 0.3) is 0 Å². The highest BCUT2D eigenvalue weighted by molar-refractivity contribution is 5.91. The first-order valence-corrected chi connectivity index (χ1v) is 6.40. The maximum absolute atomic E-state index is 12.0. The number of benzene rings is 1. The molecule has 0 aliphatic heterocycles. The molecule has 0 saturated carbocycles. The van der Waals surface area contributed by atoms with Gasteiger partial charge in [0.25, 0.3) is 5.91 Å². The molecular weight excluding hydrogens is 240 g/mol. The van der Waals surface area contributed by atoms with Gasteiger partial charge in [-0.15, -0.1) is 0 Å². The van der Waals surface area contributed by atoms with E-state index in [9.17, 15) is 4.79 Å². The van der Waals surface area contributed by atoms with Crippen LogP contribution in [0.1, 0.15) is 35.0 Å². The van der Waals surface area contributed by atoms with Crippen molar-refractivity contribution >= 4 is 5.91 Å². The molecule has 1 unspecified atom stereocenters. The lowest BCUT2D eigenvalue weighted by atomic mass is 10.0. The van der Waals surface area contributed by atoms with Gasteiger partial charge >= 0.3 is 0 Å². The summed E-state index contributed by atoms with van der Waals surface area (Å²) in [5.41, 5.74) is 6.63. The average Bonchev–Trinajstić information content (AvgIpc) is 2.98. The van der Waals surface area contributed by atoms with Crippen LogP contribution in [0.5, 0.6) is 0 Å². The van der Waals surface area contributed by atoms with Gasteiger partial charge in [-0.05, 0) is 37.1 Å². The summed E-state index contributed by atoms with van der Waals surface area (Å²) in [4.78, 5) is 12.0. The maximum Gasteiger partial charge on any atom is 0.287 e. The van der Waals surface area contributed by atoms with Crippen molar-refractivity contribution in [1.29, 1.82) is 0 Å². The summed E-state index contributed by atoms with van der Waals surface area (Å²) >= 11 is 0. The van der Waals surface area contributed by atoms with Gasteiger partial charge in [-0.25, -0.2) is 0 Å². The molecule has 0 aliphatic carbocycles. The summed E-state index contributed by atoms with van der Waals surface area (Å²) in [5, 5.41) is 2.98. The van der Waals surface area contributed by atoms with Gasteiger partial charge in [0.15, 0.2) is 5.76 Å². The van der Waals surface area contributed by atoms with Crippen molar-refractivity contribution in [2.24, 2.45) is 5.73 Å². The Morgan fingerprint density at radius 3 is 2.63 bits per heavy atom. The molecular formula is C15H18N2O2. The van der Waals surface area contributed by atoms with Gasteiger partial charge in [0.2, 0.25) is 0 Å². The Bertz CT molecular complexity index is 494. The molecule has 1 aromatic carbocycles. The Morgan fingerprint density at radius 2 is 2.00 bits per heavy atom. The summed E-state index contributed by atoms with van der Waals surface area (Å²) in [7, 11) is 0. The lowest BCUT2D eigenvalue weighted by molar-refractivity contribution is 0.0906. The largest absolute Gasteiger partial charge is 0.459 e. The monoisotopic (exact) mass is 258 g/mol. The molecule has 1 atom stereocenters. The third-order valence-corrected chi connectivity index (χ3v) is 2.95. The van der Waals surface area contributed by atoms with E-state index in [1.54, 1.807) is 12.1 Å². The van der Waals surface area contributed by atoms with Crippen LogP contribution < -0.4 is 11.1 Å². The number of hydrogen-bond acceptors (Lipinski definition) is 3. The predicted molar refractivity (Wildman–Crippen MR) is 73.6 cm³/mol. The Kier molecular flexibility index (Phi) is 4.75. The molecule has 0 radical (unpaired) electrons. The fourth-order valence-corrected chi connectivity index (χ4v) is 1.97. The quantitative estimate of drug-likeness (QED) is 0.836. The van der Waals surface area contributed by atoms with E-state index in [-0.39, 0.29) is 11.9 Å². The van der Waals surface area contributed by atoms with Crippen molar-refractivity contribution in [2.45, 2.75) is 18.9 Å². The number of rotatable bonds is 6. The number of carbonyl (C=O) groups excluding carboxylic acids is 1. The summed E-state index contributed by atoms with van der Waals surface area (Å²) in [6.45, 7) is 0.611. The van der Waals surface area contributed by atoms with Crippen molar-refractivity contribution in [3.8, 4) is 0 Å². The van der Waals surface area contributed by atoms with E-state index in [2.05, 4.69) is 5.32 Å². The molecule has 100 valence electrons. The second-order valence-corrected chi connectivity index (χ2v) is 4.34. The predicted octanol–water partition coefficient (Wildman–Crippen LogP) is 2.49. The van der Waals surface area contributed by atoms with E-state index in [4.69, 9.17) is 10.2 Å². The number of nitrogens with two attached hydrogens (primary N) is 1. The Hall–Kier alpha value is -2.07. The number of hydrogen-bond donors (Lipinski definition) is 2. The van der Waals surface area contributed by atoms with Crippen molar-refractivity contribution in [2.75, 3.05) is 6.54 Å². The Morgan fingerprint density at radius 1 is 1.21 bits per heavy atom. The van der Waals surface area contributed by atoms with Crippen molar-refractivity contribution in [3.63, 3.8) is 0 Å². The molecule has 2 aromatic rings. The topological polar surface area (TPSA) is 68.3 Å². The van der Waals surface area contributed by atoms with E-state index in [0.29, 0.717) is 12.3 Å². The first kappa shape index (κ1) is 13.4. The molecule has 0 saturated heterocycles. The molecule has 2 rings (SSSR count). The zero-order chi connectivity index (χ0) is 13.5. The highest BCUT2D eigenvalue weighted by atomic mass is 16.3. The van der Waals surface area contributed by atoms with Crippen molar-refractivity contribution in [3.05, 3.63) is 60.1 Å². The van der Waals surface area contributed by atoms with Gasteiger partial charge in [-0.2, -0.15) is 0 Å². The van der Waals surface area contributed by atoms with Crippen LogP contribution >= 0.6 is 0 Å². The molecule has 1 aromatic heterocycles. The van der Waals surface area contributed by atoms with Gasteiger partial charge in [-0.1, -0.05) is 30.3 Å². The summed E-state index contributed by atoms with van der Waals surface area (Å²) < 4.78 is 5.10. The second-order valence-electron chi connectivity index (χ2n) is 4.34. The van der Waals surface area contributed by atoms with Crippen LogP contribution in [-0.2, 0) is 0 Å². The minimum absolute atomic E-state index is 0.0395. The number of furan rings is 1. The summed E-state index contributed by atoms with van der Waals surface area (Å²) in [6, 6.07) is 13.2. The number of nitrogens with one attached hydrogen (secondary N) is 1. The van der Waals surface area contributed by atoms with Gasteiger partial charge in [0, 0.05) is 0 Å². The smallest absolute Gasteiger partial charge is 0.287 e. The van der Waals surface area contributed by atoms with Crippen LogP contribution in [0.3, 0.4) is 0 Å². The van der Waals surface area contributed by atoms with Gasteiger partial charge in [-0.3, -0.25) is 4.79 Å². The average molecular weight is 258 g/mol. The van der Waals surface area contributed by atoms with Crippen LogP contribution in [0.4, 0.5) is 0 Å². The molecule has 4 heteroatoms. The first-order chi connectivity index (χ1) is 9.31. The zero-order valence-corrected chi connectivity index (χ0v) is 10.7. The molecule has 3 N–H and O–H groups in total. The van der Waals surface area contributed by atoms with E-state index in [0.717, 1.165) is 18.4 Å². The third-order valence-electron chi connectivity index (χ3n) is 2.95. The van der Waals surface area contributed by atoms with Crippen molar-refractivity contribution < 1.29 is 9.21 Å². The molecule has 4 nitrogen and oxygen atoms in total. The van der Waals surface area contributed by atoms with E-state index in [1.165, 1.54) is 6.26 Å². The van der Waals surface area contributed by atoms with Gasteiger partial charge in [0.1, 0.15) is 0 Å². The number of carbonyl (C=O) groups is 1. The van der Waals surface area contributed by atoms with Gasteiger partial charge < -0.3 is 15.5 Å². The molecule has 0 bridgehead atoms. The molecule has 1 heterocycles. The molecule has 0 aliphatic rings. The second kappa shape index (κ2) is 6.75. The van der Waals surface area contributed by atoms with E-state index in [1.807, 2.05) is 30.3 Å². The Balaban J connectivity index is 2.08. The SMILES string of the molecule is NCCCC(NC(=O)c1ccco1)c1ccccc1. The molecule has 19 heavy (non-hydrogen) atoms. The zero-order valence-electron chi connectivity index (χ0n) is 10.7. The van der Waals surface area contributed by atoms with Crippen molar-refractivity contribution in [1.82, 2.24) is 5.32 Å². The molecule has 0 spiro atoms. The fraction of sp³-hybridized carbons (Fsp3) is 0.267. The third kappa shape index (κ3) is 3.69. The van der Waals surface area contributed by atoms with Crippen LogP contribution in [-0.4, -0.2) is 12.5 Å². The highest BCUT2D eigenvalue weighted by Gasteiger charge is 2.16. The Labute approximate surface area is 112 Å². The van der Waals surface area contributed by atoms with Crippen LogP contribution in [0.15, 0.2) is 53.1 Å². The number of amides is 1. The minimum atomic E-state index is -0.198. The minimum Gasteiger partial charge on any atom is -0.459 e. The first-order valence-electron chi connectivity index (χ1n) is 6.40. The summed E-state index contributed by atoms with van der Waals surface area (Å²) in [5.74, 6) is 0.129. The van der Waals surface area contributed by atoms with Crippen LogP contribution in [0, 0.1) is 0 Å². The highest BCUT2D eigenvalue weighted by Crippen LogP contribution is 2.18. The molecule has 0 fully saturated rings. The van der Waals surface area contributed by atoms with E-state index < -0.39 is 0 Å². The van der Waals surface area contributed by atoms with Gasteiger partial charge in [0.05, 0.1) is 12.3 Å². The standard InChI is InChI=1S/C15H18N2O2/c16-10-4-8-13(12-6-2-1-3-7-12)17-15(18)14-9-5-11-19-14/h1-3,5-7,9,11,13H,4,8,10,16H2,(H,17,18). The fourth-order valence-electron chi connectivity index (χ4n) is 1.97.